The summed E-state index contributed by atoms with van der Waals surface area (Å²) < 4.78 is 28.7. The maximum Gasteiger partial charge on any atom is 0.255 e. The smallest absolute Gasteiger partial charge is 0.255 e. The molecule has 0 bridgehead atoms. The number of carbonyl (C=O) groups excluding carboxylic acids is 1. The van der Waals surface area contributed by atoms with Gasteiger partial charge in [-0.25, -0.2) is 8.78 Å². The van der Waals surface area contributed by atoms with Gasteiger partial charge in [0.05, 0.1) is 17.2 Å². The second-order valence-corrected chi connectivity index (χ2v) is 6.82. The number of allylic oxidation sites excluding steroid dienone is 1. The molecule has 1 amide bonds. The van der Waals surface area contributed by atoms with Crippen LogP contribution < -0.4 is 16.0 Å². The van der Waals surface area contributed by atoms with Crippen molar-refractivity contribution in [1.29, 1.82) is 0 Å². The number of rotatable bonds is 3. The summed E-state index contributed by atoms with van der Waals surface area (Å²) in [6.07, 6.45) is 0. The largest absolute Gasteiger partial charge is 0.351 e. The molecule has 1 aliphatic rings. The molecule has 0 saturated heterocycles. The average Bonchev–Trinajstić information content (AvgIpc) is 2.58. The quantitative estimate of drug-likeness (QED) is 0.697. The van der Waals surface area contributed by atoms with Gasteiger partial charge in [-0.2, -0.15) is 0 Å². The lowest BCUT2D eigenvalue weighted by Gasteiger charge is -2.30. The molecule has 0 aromatic heterocycles. The van der Waals surface area contributed by atoms with Crippen molar-refractivity contribution < 1.29 is 13.6 Å². The summed E-state index contributed by atoms with van der Waals surface area (Å²) in [5.41, 5.74) is 2.96. The number of anilines is 1. The van der Waals surface area contributed by atoms with Crippen LogP contribution in [0, 0.1) is 25.5 Å². The van der Waals surface area contributed by atoms with Crippen molar-refractivity contribution in [3.63, 3.8) is 0 Å². The van der Waals surface area contributed by atoms with Gasteiger partial charge >= 0.3 is 0 Å². The van der Waals surface area contributed by atoms with E-state index >= 15 is 0 Å². The molecule has 2 aromatic carbocycles. The molecule has 140 valence electrons. The molecule has 3 N–H and O–H groups in total. The van der Waals surface area contributed by atoms with Gasteiger partial charge in [-0.3, -0.25) is 4.79 Å². The third-order valence-corrected chi connectivity index (χ3v) is 4.87. The van der Waals surface area contributed by atoms with Gasteiger partial charge < -0.3 is 16.0 Å². The van der Waals surface area contributed by atoms with Crippen LogP contribution in [-0.4, -0.2) is 11.0 Å². The van der Waals surface area contributed by atoms with Crippen molar-refractivity contribution in [2.24, 2.45) is 0 Å². The summed E-state index contributed by atoms with van der Waals surface area (Å²) >= 11 is 5.12. The zero-order chi connectivity index (χ0) is 19.7. The fourth-order valence-electron chi connectivity index (χ4n) is 3.07. The number of halogens is 2. The Bertz CT molecular complexity index is 951. The zero-order valence-electron chi connectivity index (χ0n) is 15.1. The Morgan fingerprint density at radius 3 is 2.37 bits per heavy atom. The van der Waals surface area contributed by atoms with Crippen molar-refractivity contribution in [3.05, 3.63) is 76.0 Å². The van der Waals surface area contributed by atoms with E-state index in [2.05, 4.69) is 16.0 Å². The molecule has 1 aliphatic heterocycles. The Morgan fingerprint density at radius 2 is 1.70 bits per heavy atom. The second-order valence-electron chi connectivity index (χ2n) is 6.41. The van der Waals surface area contributed by atoms with Crippen molar-refractivity contribution in [3.8, 4) is 0 Å². The van der Waals surface area contributed by atoms with Gasteiger partial charge in [0.1, 0.15) is 11.6 Å². The normalized spacial score (nSPS) is 16.6. The highest BCUT2D eigenvalue weighted by Gasteiger charge is 2.33. The summed E-state index contributed by atoms with van der Waals surface area (Å²) in [5.74, 6) is -1.96. The molecule has 2 aromatic rings. The lowest BCUT2D eigenvalue weighted by Crippen LogP contribution is -2.46. The van der Waals surface area contributed by atoms with E-state index in [1.807, 2.05) is 26.0 Å². The highest BCUT2D eigenvalue weighted by atomic mass is 32.1. The Kier molecular flexibility index (Phi) is 5.23. The lowest BCUT2D eigenvalue weighted by molar-refractivity contribution is -0.113. The molecule has 0 radical (unpaired) electrons. The molecular formula is C20H19F2N3OS. The van der Waals surface area contributed by atoms with Crippen LogP contribution in [0.4, 0.5) is 14.5 Å². The van der Waals surface area contributed by atoms with Crippen molar-refractivity contribution >= 4 is 28.9 Å². The minimum Gasteiger partial charge on any atom is -0.351 e. The molecule has 1 atom stereocenters. The molecule has 7 heteroatoms. The number of benzene rings is 2. The fraction of sp³-hybridized carbons (Fsp3) is 0.200. The first-order valence-corrected chi connectivity index (χ1v) is 8.80. The van der Waals surface area contributed by atoms with Crippen LogP contribution >= 0.6 is 12.2 Å². The van der Waals surface area contributed by atoms with Gasteiger partial charge in [-0.15, -0.1) is 0 Å². The Labute approximate surface area is 161 Å². The van der Waals surface area contributed by atoms with E-state index in [1.165, 1.54) is 6.07 Å². The lowest BCUT2D eigenvalue weighted by atomic mass is 9.94. The van der Waals surface area contributed by atoms with Crippen LogP contribution in [0.3, 0.4) is 0 Å². The zero-order valence-corrected chi connectivity index (χ0v) is 15.9. The van der Waals surface area contributed by atoms with E-state index in [9.17, 15) is 13.6 Å². The summed E-state index contributed by atoms with van der Waals surface area (Å²) in [7, 11) is 0. The fourth-order valence-corrected chi connectivity index (χ4v) is 3.34. The van der Waals surface area contributed by atoms with E-state index in [0.717, 1.165) is 23.3 Å². The molecule has 0 saturated carbocycles. The van der Waals surface area contributed by atoms with Crippen molar-refractivity contribution in [2.45, 2.75) is 26.8 Å². The number of carbonyl (C=O) groups is 1. The molecular weight excluding hydrogens is 368 g/mol. The van der Waals surface area contributed by atoms with E-state index in [0.29, 0.717) is 11.4 Å². The summed E-state index contributed by atoms with van der Waals surface area (Å²) in [5, 5.41) is 8.70. The monoisotopic (exact) mass is 387 g/mol. The molecule has 0 fully saturated rings. The first-order chi connectivity index (χ1) is 12.8. The maximum absolute atomic E-state index is 14.4. The van der Waals surface area contributed by atoms with Crippen LogP contribution in [0.1, 0.15) is 29.7 Å². The van der Waals surface area contributed by atoms with Crippen LogP contribution in [0.15, 0.2) is 47.7 Å². The summed E-state index contributed by atoms with van der Waals surface area (Å²) in [6, 6.07) is 8.10. The highest BCUT2D eigenvalue weighted by Crippen LogP contribution is 2.31. The second kappa shape index (κ2) is 7.44. The first kappa shape index (κ1) is 19.0. The maximum atomic E-state index is 14.4. The molecule has 0 spiro atoms. The topological polar surface area (TPSA) is 53.2 Å². The van der Waals surface area contributed by atoms with Gasteiger partial charge in [0.15, 0.2) is 5.11 Å². The molecule has 4 nitrogen and oxygen atoms in total. The predicted octanol–water partition coefficient (Wildman–Crippen LogP) is 4.01. The van der Waals surface area contributed by atoms with Gasteiger partial charge in [0.2, 0.25) is 0 Å². The minimum atomic E-state index is -1.04. The third-order valence-electron chi connectivity index (χ3n) is 4.65. The first-order valence-electron chi connectivity index (χ1n) is 8.39. The number of amides is 1. The van der Waals surface area contributed by atoms with Crippen LogP contribution in [-0.2, 0) is 4.79 Å². The van der Waals surface area contributed by atoms with E-state index < -0.39 is 23.6 Å². The van der Waals surface area contributed by atoms with E-state index in [-0.39, 0.29) is 16.2 Å². The minimum absolute atomic E-state index is 0.175. The number of thiocarbonyl (C=S) groups is 1. The summed E-state index contributed by atoms with van der Waals surface area (Å²) in [4.78, 5) is 13.0. The Hall–Kier alpha value is -2.80. The van der Waals surface area contributed by atoms with Gasteiger partial charge in [-0.1, -0.05) is 18.2 Å². The van der Waals surface area contributed by atoms with Crippen molar-refractivity contribution in [2.75, 3.05) is 5.32 Å². The molecule has 0 aliphatic carbocycles. The third kappa shape index (κ3) is 3.68. The molecule has 27 heavy (non-hydrogen) atoms. The average molecular weight is 387 g/mol. The number of nitrogens with one attached hydrogen (secondary N) is 3. The molecule has 0 unspecified atom stereocenters. The van der Waals surface area contributed by atoms with Crippen LogP contribution in [0.2, 0.25) is 0 Å². The van der Waals surface area contributed by atoms with E-state index in [1.54, 1.807) is 13.0 Å². The van der Waals surface area contributed by atoms with Crippen LogP contribution in [0.5, 0.6) is 0 Å². The predicted molar refractivity (Wildman–Crippen MR) is 105 cm³/mol. The van der Waals surface area contributed by atoms with Gasteiger partial charge in [0.25, 0.3) is 5.91 Å². The number of hydrogen-bond acceptors (Lipinski definition) is 2. The Morgan fingerprint density at radius 1 is 1.07 bits per heavy atom. The van der Waals surface area contributed by atoms with Gasteiger partial charge in [-0.05, 0) is 62.3 Å². The van der Waals surface area contributed by atoms with E-state index in [4.69, 9.17) is 12.2 Å². The Balaban J connectivity index is 2.04. The standard InChI is InChI=1S/C20H19F2N3OS/c1-10-6-4-9-15(11(10)2)24-19(26)16-12(3)23-20(27)25-18(16)17-13(21)7-5-8-14(17)22/h4-9,18H,1-3H3,(H,24,26)(H2,23,25,27)/t18-/m0/s1. The van der Waals surface area contributed by atoms with Gasteiger partial charge in [0, 0.05) is 11.4 Å². The molecule has 3 rings (SSSR count). The SMILES string of the molecule is CC1=C(C(=O)Nc2cccc(C)c2C)[C@@H](c2c(F)cccc2F)NC(=S)N1. The van der Waals surface area contributed by atoms with Crippen molar-refractivity contribution in [1.82, 2.24) is 10.6 Å². The number of hydrogen-bond donors (Lipinski definition) is 3. The summed E-state index contributed by atoms with van der Waals surface area (Å²) in [6.45, 7) is 5.48. The highest BCUT2D eigenvalue weighted by molar-refractivity contribution is 7.80. The molecule has 1 heterocycles. The van der Waals surface area contributed by atoms with Crippen LogP contribution in [0.25, 0.3) is 0 Å². The number of aryl methyl sites for hydroxylation is 1.